The van der Waals surface area contributed by atoms with Gasteiger partial charge in [-0.3, -0.25) is 0 Å². The first-order valence-corrected chi connectivity index (χ1v) is 6.17. The van der Waals surface area contributed by atoms with Gasteiger partial charge in [-0.1, -0.05) is 12.1 Å². The van der Waals surface area contributed by atoms with Gasteiger partial charge in [0.2, 0.25) is 0 Å². The summed E-state index contributed by atoms with van der Waals surface area (Å²) in [6, 6.07) is 9.21. The lowest BCUT2D eigenvalue weighted by Gasteiger charge is -2.16. The quantitative estimate of drug-likeness (QED) is 0.862. The Labute approximate surface area is 109 Å². The van der Waals surface area contributed by atoms with Gasteiger partial charge in [-0.25, -0.2) is 8.78 Å². The summed E-state index contributed by atoms with van der Waals surface area (Å²) in [6.45, 7) is 0. The van der Waals surface area contributed by atoms with Gasteiger partial charge in [0.15, 0.2) is 11.6 Å². The molecule has 0 amide bonds. The SMILES string of the molecule is Oc1ccc2c(c1)CCC2Nc1cccc(F)c1F. The van der Waals surface area contributed by atoms with Gasteiger partial charge < -0.3 is 10.4 Å². The van der Waals surface area contributed by atoms with Gasteiger partial charge in [-0.05, 0) is 48.2 Å². The average Bonchev–Trinajstić information content (AvgIpc) is 2.77. The van der Waals surface area contributed by atoms with Gasteiger partial charge in [0.1, 0.15) is 5.75 Å². The Bertz CT molecular complexity index is 628. The number of nitrogens with one attached hydrogen (secondary N) is 1. The van der Waals surface area contributed by atoms with Gasteiger partial charge in [-0.15, -0.1) is 0 Å². The van der Waals surface area contributed by atoms with Crippen molar-refractivity contribution < 1.29 is 13.9 Å². The monoisotopic (exact) mass is 261 g/mol. The first kappa shape index (κ1) is 12.0. The molecule has 2 aromatic carbocycles. The number of rotatable bonds is 2. The van der Waals surface area contributed by atoms with Gasteiger partial charge >= 0.3 is 0 Å². The summed E-state index contributed by atoms with van der Waals surface area (Å²) < 4.78 is 26.8. The Morgan fingerprint density at radius 1 is 1.16 bits per heavy atom. The molecule has 3 rings (SSSR count). The van der Waals surface area contributed by atoms with Crippen molar-refractivity contribution in [3.8, 4) is 5.75 Å². The number of hydrogen-bond acceptors (Lipinski definition) is 2. The Hall–Kier alpha value is -2.10. The molecule has 0 saturated carbocycles. The van der Waals surface area contributed by atoms with Crippen molar-refractivity contribution in [2.75, 3.05) is 5.32 Å². The molecule has 2 nitrogen and oxygen atoms in total. The zero-order valence-corrected chi connectivity index (χ0v) is 10.2. The smallest absolute Gasteiger partial charge is 0.181 e. The maximum absolute atomic E-state index is 13.6. The van der Waals surface area contributed by atoms with Crippen LogP contribution in [0.5, 0.6) is 5.75 Å². The average molecular weight is 261 g/mol. The summed E-state index contributed by atoms with van der Waals surface area (Å²) in [5, 5.41) is 12.5. The van der Waals surface area contributed by atoms with Crippen molar-refractivity contribution in [1.29, 1.82) is 0 Å². The molecular weight excluding hydrogens is 248 g/mol. The lowest BCUT2D eigenvalue weighted by molar-refractivity contribution is 0.474. The second kappa shape index (κ2) is 4.53. The molecule has 0 fully saturated rings. The maximum atomic E-state index is 13.6. The van der Waals surface area contributed by atoms with Crippen LogP contribution in [0.15, 0.2) is 36.4 Å². The van der Waals surface area contributed by atoms with Crippen LogP contribution in [0.4, 0.5) is 14.5 Å². The zero-order valence-electron chi connectivity index (χ0n) is 10.2. The summed E-state index contributed by atoms with van der Waals surface area (Å²) in [5.74, 6) is -1.47. The highest BCUT2D eigenvalue weighted by molar-refractivity contribution is 5.50. The van der Waals surface area contributed by atoms with Gasteiger partial charge in [-0.2, -0.15) is 0 Å². The molecule has 0 aromatic heterocycles. The van der Waals surface area contributed by atoms with E-state index in [1.165, 1.54) is 12.1 Å². The molecule has 1 aliphatic rings. The molecule has 0 spiro atoms. The van der Waals surface area contributed by atoms with Crippen molar-refractivity contribution in [2.24, 2.45) is 0 Å². The summed E-state index contributed by atoms with van der Waals surface area (Å²) in [7, 11) is 0. The number of benzene rings is 2. The van der Waals surface area contributed by atoms with E-state index >= 15 is 0 Å². The molecule has 0 heterocycles. The minimum Gasteiger partial charge on any atom is -0.508 e. The second-order valence-electron chi connectivity index (χ2n) is 4.72. The summed E-state index contributed by atoms with van der Waals surface area (Å²) >= 11 is 0. The Morgan fingerprint density at radius 2 is 2.00 bits per heavy atom. The fraction of sp³-hybridized carbons (Fsp3) is 0.200. The molecule has 2 aromatic rings. The standard InChI is InChI=1S/C15H13F2NO/c16-12-2-1-3-14(15(12)17)18-13-7-4-9-8-10(19)5-6-11(9)13/h1-3,5-6,8,13,18-19H,4,7H2. The van der Waals surface area contributed by atoms with Crippen LogP contribution in [0, 0.1) is 11.6 Å². The third kappa shape index (κ3) is 2.14. The first-order valence-electron chi connectivity index (χ1n) is 6.17. The van der Waals surface area contributed by atoms with E-state index < -0.39 is 11.6 Å². The lowest BCUT2D eigenvalue weighted by Crippen LogP contribution is -2.09. The van der Waals surface area contributed by atoms with Crippen molar-refractivity contribution >= 4 is 5.69 Å². The Kier molecular flexibility index (Phi) is 2.85. The van der Waals surface area contributed by atoms with E-state index in [4.69, 9.17) is 0 Å². The summed E-state index contributed by atoms with van der Waals surface area (Å²) in [5.41, 5.74) is 2.25. The maximum Gasteiger partial charge on any atom is 0.181 e. The molecule has 0 bridgehead atoms. The fourth-order valence-electron chi connectivity index (χ4n) is 2.56. The minimum atomic E-state index is -0.853. The van der Waals surface area contributed by atoms with Crippen molar-refractivity contribution in [3.05, 3.63) is 59.2 Å². The van der Waals surface area contributed by atoms with Crippen molar-refractivity contribution in [3.63, 3.8) is 0 Å². The second-order valence-corrected chi connectivity index (χ2v) is 4.72. The predicted molar refractivity (Wildman–Crippen MR) is 69.1 cm³/mol. The van der Waals surface area contributed by atoms with Crippen LogP contribution < -0.4 is 5.32 Å². The van der Waals surface area contributed by atoms with Crippen LogP contribution in [0.1, 0.15) is 23.6 Å². The molecule has 1 atom stereocenters. The molecule has 0 saturated heterocycles. The Balaban J connectivity index is 1.89. The number of aromatic hydroxyl groups is 1. The van der Waals surface area contributed by atoms with E-state index in [1.54, 1.807) is 12.1 Å². The molecule has 1 unspecified atom stereocenters. The van der Waals surface area contributed by atoms with Crippen molar-refractivity contribution in [2.45, 2.75) is 18.9 Å². The first-order chi connectivity index (χ1) is 9.15. The molecular formula is C15H13F2NO. The third-order valence-electron chi connectivity index (χ3n) is 3.49. The Morgan fingerprint density at radius 3 is 2.84 bits per heavy atom. The van der Waals surface area contributed by atoms with E-state index in [0.717, 1.165) is 30.0 Å². The van der Waals surface area contributed by atoms with E-state index in [9.17, 15) is 13.9 Å². The van der Waals surface area contributed by atoms with Crippen LogP contribution in [0.3, 0.4) is 0 Å². The summed E-state index contributed by atoms with van der Waals surface area (Å²) in [6.07, 6.45) is 1.62. The number of phenols is 1. The van der Waals surface area contributed by atoms with E-state index in [0.29, 0.717) is 0 Å². The highest BCUT2D eigenvalue weighted by atomic mass is 19.2. The highest BCUT2D eigenvalue weighted by Gasteiger charge is 2.23. The molecule has 2 N–H and O–H groups in total. The van der Waals surface area contributed by atoms with Gasteiger partial charge in [0.05, 0.1) is 11.7 Å². The minimum absolute atomic E-state index is 0.0492. The van der Waals surface area contributed by atoms with E-state index in [2.05, 4.69) is 5.32 Å². The molecule has 98 valence electrons. The van der Waals surface area contributed by atoms with Crippen molar-refractivity contribution in [1.82, 2.24) is 0 Å². The number of aryl methyl sites for hydroxylation is 1. The van der Waals surface area contributed by atoms with Crippen LogP contribution in [-0.2, 0) is 6.42 Å². The number of anilines is 1. The molecule has 4 heteroatoms. The summed E-state index contributed by atoms with van der Waals surface area (Å²) in [4.78, 5) is 0. The number of halogens is 2. The van der Waals surface area contributed by atoms with Crippen LogP contribution >= 0.6 is 0 Å². The normalized spacial score (nSPS) is 17.3. The van der Waals surface area contributed by atoms with E-state index in [1.807, 2.05) is 6.07 Å². The molecule has 0 aliphatic heterocycles. The largest absolute Gasteiger partial charge is 0.508 e. The topological polar surface area (TPSA) is 32.3 Å². The van der Waals surface area contributed by atoms with Crippen LogP contribution in [-0.4, -0.2) is 5.11 Å². The number of fused-ring (bicyclic) bond motifs is 1. The molecule has 1 aliphatic carbocycles. The molecule has 19 heavy (non-hydrogen) atoms. The number of phenolic OH excluding ortho intramolecular Hbond substituents is 1. The number of hydrogen-bond donors (Lipinski definition) is 2. The van der Waals surface area contributed by atoms with Crippen LogP contribution in [0.2, 0.25) is 0 Å². The van der Waals surface area contributed by atoms with Gasteiger partial charge in [0.25, 0.3) is 0 Å². The van der Waals surface area contributed by atoms with E-state index in [-0.39, 0.29) is 17.5 Å². The zero-order chi connectivity index (χ0) is 13.4. The third-order valence-corrected chi connectivity index (χ3v) is 3.49. The predicted octanol–water partition coefficient (Wildman–Crippen LogP) is 3.77. The van der Waals surface area contributed by atoms with Crippen LogP contribution in [0.25, 0.3) is 0 Å². The molecule has 0 radical (unpaired) electrons. The van der Waals surface area contributed by atoms with Gasteiger partial charge in [0, 0.05) is 0 Å². The highest BCUT2D eigenvalue weighted by Crippen LogP contribution is 2.36. The fourth-order valence-corrected chi connectivity index (χ4v) is 2.56. The lowest BCUT2D eigenvalue weighted by atomic mass is 10.1.